The maximum atomic E-state index is 13.6. The summed E-state index contributed by atoms with van der Waals surface area (Å²) in [5.74, 6) is -0.148. The predicted molar refractivity (Wildman–Crippen MR) is 67.2 cm³/mol. The van der Waals surface area contributed by atoms with Gasteiger partial charge in [0.1, 0.15) is 17.2 Å². The van der Waals surface area contributed by atoms with Crippen molar-refractivity contribution in [1.29, 1.82) is 0 Å². The van der Waals surface area contributed by atoms with E-state index in [0.717, 1.165) is 0 Å². The lowest BCUT2D eigenvalue weighted by molar-refractivity contribution is 0.603. The molecule has 0 bridgehead atoms. The number of hydrogen-bond donors (Lipinski definition) is 1. The molecule has 0 saturated carbocycles. The minimum Gasteiger partial charge on any atom is -0.288 e. The highest BCUT2D eigenvalue weighted by atomic mass is 32.1. The molecule has 0 amide bonds. The number of nitrogens with zero attached hydrogens (tertiary/aromatic N) is 2. The van der Waals surface area contributed by atoms with Gasteiger partial charge in [0.25, 0.3) is 0 Å². The van der Waals surface area contributed by atoms with Gasteiger partial charge in [-0.1, -0.05) is 12.1 Å². The molecule has 0 atom stereocenters. The molecule has 0 radical (unpaired) electrons. The number of rotatable bonds is 2. The second kappa shape index (κ2) is 4.71. The molecule has 0 spiro atoms. The highest BCUT2D eigenvalue weighted by Crippen LogP contribution is 2.13. The lowest BCUT2D eigenvalue weighted by Gasteiger charge is -2.11. The lowest BCUT2D eigenvalue weighted by atomic mass is 10.3. The van der Waals surface area contributed by atoms with Crippen molar-refractivity contribution in [2.45, 2.75) is 12.7 Å². The van der Waals surface area contributed by atoms with Gasteiger partial charge >= 0.3 is 0 Å². The number of benzene rings is 1. The van der Waals surface area contributed by atoms with Crippen LogP contribution in [-0.4, -0.2) is 9.78 Å². The van der Waals surface area contributed by atoms with E-state index in [0.29, 0.717) is 17.1 Å². The molecule has 0 unspecified atom stereocenters. The van der Waals surface area contributed by atoms with Crippen LogP contribution in [0.25, 0.3) is 5.69 Å². The smallest absolute Gasteiger partial charge is 0.204 e. The first-order chi connectivity index (χ1) is 8.13. The summed E-state index contributed by atoms with van der Waals surface area (Å²) >= 11 is 4.03. The van der Waals surface area contributed by atoms with E-state index in [1.165, 1.54) is 16.8 Å². The molecule has 0 fully saturated rings. The summed E-state index contributed by atoms with van der Waals surface area (Å²) in [5, 5.41) is 4.11. The standard InChI is InChI=1S/C12H11FN2OS/c1-8-6-12(16)10(7-17)14-15(8)11-5-3-2-4-9(11)13/h2-6,17H,7H2,1H3. The highest BCUT2D eigenvalue weighted by molar-refractivity contribution is 7.79. The van der Waals surface area contributed by atoms with E-state index in [-0.39, 0.29) is 17.0 Å². The van der Waals surface area contributed by atoms with E-state index in [4.69, 9.17) is 0 Å². The Bertz CT molecular complexity index is 610. The van der Waals surface area contributed by atoms with Crippen molar-refractivity contribution < 1.29 is 4.39 Å². The largest absolute Gasteiger partial charge is 0.288 e. The van der Waals surface area contributed by atoms with Crippen LogP contribution in [0, 0.1) is 12.7 Å². The van der Waals surface area contributed by atoms with Gasteiger partial charge in [0.2, 0.25) is 5.43 Å². The van der Waals surface area contributed by atoms with E-state index >= 15 is 0 Å². The van der Waals surface area contributed by atoms with Gasteiger partial charge < -0.3 is 0 Å². The summed E-state index contributed by atoms with van der Waals surface area (Å²) in [6.07, 6.45) is 0. The summed E-state index contributed by atoms with van der Waals surface area (Å²) in [5.41, 5.74) is 1.05. The van der Waals surface area contributed by atoms with Crippen molar-refractivity contribution in [2.24, 2.45) is 0 Å². The maximum Gasteiger partial charge on any atom is 0.204 e. The molecule has 17 heavy (non-hydrogen) atoms. The third kappa shape index (κ3) is 2.24. The van der Waals surface area contributed by atoms with Crippen LogP contribution < -0.4 is 5.43 Å². The Morgan fingerprint density at radius 1 is 1.41 bits per heavy atom. The van der Waals surface area contributed by atoms with Crippen LogP contribution in [-0.2, 0) is 5.75 Å². The Hall–Kier alpha value is -1.62. The second-order valence-electron chi connectivity index (χ2n) is 3.62. The molecule has 2 rings (SSSR count). The molecule has 2 aromatic rings. The Morgan fingerprint density at radius 3 is 2.76 bits per heavy atom. The molecular formula is C12H11FN2OS. The van der Waals surface area contributed by atoms with Gasteiger partial charge in [0.15, 0.2) is 0 Å². The van der Waals surface area contributed by atoms with Crippen LogP contribution in [0.1, 0.15) is 11.4 Å². The predicted octanol–water partition coefficient (Wildman–Crippen LogP) is 2.11. The van der Waals surface area contributed by atoms with Crippen molar-refractivity contribution in [3.05, 3.63) is 57.8 Å². The third-order valence-electron chi connectivity index (χ3n) is 2.41. The SMILES string of the molecule is Cc1cc(=O)c(CS)nn1-c1ccccc1F. The fourth-order valence-corrected chi connectivity index (χ4v) is 1.78. The van der Waals surface area contributed by atoms with Crippen LogP contribution in [0.15, 0.2) is 35.1 Å². The quantitative estimate of drug-likeness (QED) is 0.828. The van der Waals surface area contributed by atoms with Crippen molar-refractivity contribution in [3.8, 4) is 5.69 Å². The average molecular weight is 250 g/mol. The normalized spacial score (nSPS) is 10.5. The fourth-order valence-electron chi connectivity index (χ4n) is 1.56. The van der Waals surface area contributed by atoms with Crippen molar-refractivity contribution >= 4 is 12.6 Å². The van der Waals surface area contributed by atoms with E-state index in [9.17, 15) is 9.18 Å². The molecule has 5 heteroatoms. The molecule has 1 aromatic carbocycles. The van der Waals surface area contributed by atoms with Crippen molar-refractivity contribution in [3.63, 3.8) is 0 Å². The summed E-state index contributed by atoms with van der Waals surface area (Å²) in [6, 6.07) is 7.73. The van der Waals surface area contributed by atoms with E-state index < -0.39 is 0 Å². The Labute approximate surface area is 103 Å². The third-order valence-corrected chi connectivity index (χ3v) is 2.71. The first kappa shape index (κ1) is 11.9. The monoisotopic (exact) mass is 250 g/mol. The van der Waals surface area contributed by atoms with E-state index in [1.807, 2.05) is 0 Å². The Kier molecular flexibility index (Phi) is 3.28. The van der Waals surface area contributed by atoms with Crippen LogP contribution >= 0.6 is 12.6 Å². The van der Waals surface area contributed by atoms with Gasteiger partial charge in [-0.15, -0.1) is 0 Å². The lowest BCUT2D eigenvalue weighted by Crippen LogP contribution is -2.18. The van der Waals surface area contributed by atoms with Crippen LogP contribution in [0.2, 0.25) is 0 Å². The topological polar surface area (TPSA) is 34.9 Å². The zero-order chi connectivity index (χ0) is 12.4. The number of para-hydroxylation sites is 1. The molecule has 0 N–H and O–H groups in total. The van der Waals surface area contributed by atoms with Gasteiger partial charge in [-0.3, -0.25) is 4.79 Å². The Balaban J connectivity index is 2.68. The summed E-state index contributed by atoms with van der Waals surface area (Å²) in [6.45, 7) is 1.71. The second-order valence-corrected chi connectivity index (χ2v) is 3.93. The molecule has 0 saturated heterocycles. The van der Waals surface area contributed by atoms with Gasteiger partial charge in [-0.05, 0) is 19.1 Å². The van der Waals surface area contributed by atoms with Gasteiger partial charge in [0.05, 0.1) is 0 Å². The molecular weight excluding hydrogens is 239 g/mol. The van der Waals surface area contributed by atoms with Crippen molar-refractivity contribution in [2.75, 3.05) is 0 Å². The molecule has 1 aromatic heterocycles. The number of aromatic nitrogens is 2. The van der Waals surface area contributed by atoms with Crippen molar-refractivity contribution in [1.82, 2.24) is 9.78 Å². The molecule has 0 aliphatic carbocycles. The molecule has 88 valence electrons. The maximum absolute atomic E-state index is 13.6. The number of halogens is 1. The van der Waals surface area contributed by atoms with Gasteiger partial charge in [-0.2, -0.15) is 17.7 Å². The number of hydrogen-bond acceptors (Lipinski definition) is 3. The van der Waals surface area contributed by atoms with E-state index in [1.54, 1.807) is 25.1 Å². The summed E-state index contributed by atoms with van der Waals surface area (Å²) in [4.78, 5) is 11.5. The summed E-state index contributed by atoms with van der Waals surface area (Å²) in [7, 11) is 0. The minimum absolute atomic E-state index is 0.176. The zero-order valence-corrected chi connectivity index (χ0v) is 10.1. The fraction of sp³-hybridized carbons (Fsp3) is 0.167. The first-order valence-corrected chi connectivity index (χ1v) is 5.72. The molecule has 1 heterocycles. The Morgan fingerprint density at radius 2 is 2.12 bits per heavy atom. The van der Waals surface area contributed by atoms with Crippen LogP contribution in [0.3, 0.4) is 0 Å². The number of thiol groups is 1. The van der Waals surface area contributed by atoms with Gasteiger partial charge in [0, 0.05) is 17.5 Å². The van der Waals surface area contributed by atoms with Crippen LogP contribution in [0.4, 0.5) is 4.39 Å². The molecule has 3 nitrogen and oxygen atoms in total. The van der Waals surface area contributed by atoms with Crippen LogP contribution in [0.5, 0.6) is 0 Å². The zero-order valence-electron chi connectivity index (χ0n) is 9.22. The molecule has 0 aliphatic heterocycles. The first-order valence-electron chi connectivity index (χ1n) is 5.09. The van der Waals surface area contributed by atoms with E-state index in [2.05, 4.69) is 17.7 Å². The number of aryl methyl sites for hydroxylation is 1. The van der Waals surface area contributed by atoms with Gasteiger partial charge in [-0.25, -0.2) is 9.07 Å². The molecule has 0 aliphatic rings. The average Bonchev–Trinajstić information content (AvgIpc) is 2.31. The highest BCUT2D eigenvalue weighted by Gasteiger charge is 2.09. The minimum atomic E-state index is -0.378. The summed E-state index contributed by atoms with van der Waals surface area (Å²) < 4.78 is 15.1.